The van der Waals surface area contributed by atoms with Crippen LogP contribution in [0.1, 0.15) is 45.6 Å². The lowest BCUT2D eigenvalue weighted by atomic mass is 9.71. The second kappa shape index (κ2) is 3.96. The molecule has 0 fully saturated rings. The molecular weight excluding hydrogens is 218 g/mol. The van der Waals surface area contributed by atoms with Crippen molar-refractivity contribution in [3.05, 3.63) is 28.8 Å². The first-order valence-electron chi connectivity index (χ1n) is 6.06. The standard InChI is InChI=1S/C14H20ClN/c1-5-14(4)10(3)9(2)13-11(15)7-6-8-12(13)16-14/h6-10,16H,5H2,1-4H3. The predicted octanol–water partition coefficient (Wildman–Crippen LogP) is 4.67. The Balaban J connectivity index is 2.52. The Morgan fingerprint density at radius 3 is 2.69 bits per heavy atom. The molecule has 3 atom stereocenters. The molecule has 1 aromatic carbocycles. The van der Waals surface area contributed by atoms with Gasteiger partial charge < -0.3 is 5.32 Å². The van der Waals surface area contributed by atoms with Crippen LogP contribution in [0.25, 0.3) is 0 Å². The summed E-state index contributed by atoms with van der Waals surface area (Å²) in [4.78, 5) is 0. The average molecular weight is 238 g/mol. The molecule has 0 radical (unpaired) electrons. The molecule has 16 heavy (non-hydrogen) atoms. The van der Waals surface area contributed by atoms with Gasteiger partial charge in [0, 0.05) is 16.2 Å². The van der Waals surface area contributed by atoms with Crippen molar-refractivity contribution in [2.24, 2.45) is 5.92 Å². The van der Waals surface area contributed by atoms with E-state index in [9.17, 15) is 0 Å². The minimum absolute atomic E-state index is 0.178. The molecule has 1 aromatic rings. The summed E-state index contributed by atoms with van der Waals surface area (Å²) in [5.74, 6) is 1.10. The van der Waals surface area contributed by atoms with E-state index in [-0.39, 0.29) is 5.54 Å². The zero-order valence-corrected chi connectivity index (χ0v) is 11.2. The molecule has 3 unspecified atom stereocenters. The maximum atomic E-state index is 6.30. The third-order valence-electron chi connectivity index (χ3n) is 4.42. The summed E-state index contributed by atoms with van der Waals surface area (Å²) in [5, 5.41) is 4.55. The van der Waals surface area contributed by atoms with E-state index < -0.39 is 0 Å². The van der Waals surface area contributed by atoms with Crippen molar-refractivity contribution in [3.8, 4) is 0 Å². The quantitative estimate of drug-likeness (QED) is 0.748. The normalized spacial score (nSPS) is 33.1. The Hall–Kier alpha value is -0.690. The SMILES string of the molecule is CCC1(C)Nc2cccc(Cl)c2C(C)C1C. The summed E-state index contributed by atoms with van der Waals surface area (Å²) in [5.41, 5.74) is 2.67. The first-order valence-corrected chi connectivity index (χ1v) is 6.44. The average Bonchev–Trinajstić information content (AvgIpc) is 2.26. The van der Waals surface area contributed by atoms with Gasteiger partial charge in [-0.05, 0) is 42.9 Å². The van der Waals surface area contributed by atoms with E-state index in [0.717, 1.165) is 11.4 Å². The van der Waals surface area contributed by atoms with Crippen LogP contribution in [-0.4, -0.2) is 5.54 Å². The van der Waals surface area contributed by atoms with Crippen LogP contribution in [0.3, 0.4) is 0 Å². The van der Waals surface area contributed by atoms with E-state index >= 15 is 0 Å². The molecule has 2 rings (SSSR count). The molecule has 0 aromatic heterocycles. The molecule has 1 aliphatic heterocycles. The highest BCUT2D eigenvalue weighted by Crippen LogP contribution is 2.46. The molecular formula is C14H20ClN. The highest BCUT2D eigenvalue weighted by molar-refractivity contribution is 6.31. The van der Waals surface area contributed by atoms with Gasteiger partial charge >= 0.3 is 0 Å². The molecule has 1 nitrogen and oxygen atoms in total. The number of fused-ring (bicyclic) bond motifs is 1. The Bertz CT molecular complexity index is 402. The fourth-order valence-corrected chi connectivity index (χ4v) is 3.09. The lowest BCUT2D eigenvalue weighted by Crippen LogP contribution is -2.46. The van der Waals surface area contributed by atoms with Crippen molar-refractivity contribution < 1.29 is 0 Å². The number of halogens is 1. The van der Waals surface area contributed by atoms with Crippen LogP contribution in [-0.2, 0) is 0 Å². The molecule has 1 aliphatic rings. The van der Waals surface area contributed by atoms with E-state index in [1.807, 2.05) is 12.1 Å². The number of nitrogens with one attached hydrogen (secondary N) is 1. The van der Waals surface area contributed by atoms with Gasteiger partial charge in [-0.15, -0.1) is 0 Å². The summed E-state index contributed by atoms with van der Waals surface area (Å²) in [6.07, 6.45) is 1.13. The van der Waals surface area contributed by atoms with Crippen molar-refractivity contribution in [3.63, 3.8) is 0 Å². The van der Waals surface area contributed by atoms with E-state index in [2.05, 4.69) is 39.1 Å². The molecule has 0 amide bonds. The van der Waals surface area contributed by atoms with Crippen LogP contribution in [0.4, 0.5) is 5.69 Å². The number of anilines is 1. The summed E-state index contributed by atoms with van der Waals surface area (Å²) >= 11 is 6.30. The van der Waals surface area contributed by atoms with E-state index in [1.165, 1.54) is 11.3 Å². The van der Waals surface area contributed by atoms with Crippen LogP contribution in [0, 0.1) is 5.92 Å². The summed E-state index contributed by atoms with van der Waals surface area (Å²) in [6, 6.07) is 6.14. The minimum atomic E-state index is 0.178. The molecule has 88 valence electrons. The van der Waals surface area contributed by atoms with Crippen LogP contribution in [0.2, 0.25) is 5.02 Å². The van der Waals surface area contributed by atoms with Crippen LogP contribution in [0.5, 0.6) is 0 Å². The van der Waals surface area contributed by atoms with Gasteiger partial charge in [-0.1, -0.05) is 38.4 Å². The van der Waals surface area contributed by atoms with Gasteiger partial charge in [-0.25, -0.2) is 0 Å². The molecule has 2 heteroatoms. The first-order chi connectivity index (χ1) is 7.49. The van der Waals surface area contributed by atoms with E-state index in [4.69, 9.17) is 11.6 Å². The minimum Gasteiger partial charge on any atom is -0.379 e. The van der Waals surface area contributed by atoms with Crippen LogP contribution >= 0.6 is 11.6 Å². The van der Waals surface area contributed by atoms with Gasteiger partial charge in [-0.2, -0.15) is 0 Å². The molecule has 0 saturated carbocycles. The summed E-state index contributed by atoms with van der Waals surface area (Å²) in [7, 11) is 0. The van der Waals surface area contributed by atoms with Crippen molar-refractivity contribution in [1.29, 1.82) is 0 Å². The molecule has 1 N–H and O–H groups in total. The molecule has 0 aliphatic carbocycles. The largest absolute Gasteiger partial charge is 0.379 e. The number of rotatable bonds is 1. The highest BCUT2D eigenvalue weighted by Gasteiger charge is 2.39. The zero-order valence-electron chi connectivity index (χ0n) is 10.5. The Kier molecular flexibility index (Phi) is 2.91. The van der Waals surface area contributed by atoms with E-state index in [1.54, 1.807) is 0 Å². The number of hydrogen-bond acceptors (Lipinski definition) is 1. The third-order valence-corrected chi connectivity index (χ3v) is 4.75. The molecule has 0 saturated heterocycles. The van der Waals surface area contributed by atoms with Crippen LogP contribution in [0.15, 0.2) is 18.2 Å². The fourth-order valence-electron chi connectivity index (χ4n) is 2.74. The van der Waals surface area contributed by atoms with Gasteiger partial charge in [0.05, 0.1) is 0 Å². The van der Waals surface area contributed by atoms with E-state index in [0.29, 0.717) is 11.8 Å². The first kappa shape index (κ1) is 11.8. The molecule has 1 heterocycles. The Labute approximate surface area is 103 Å². The van der Waals surface area contributed by atoms with Gasteiger partial charge in [0.25, 0.3) is 0 Å². The highest BCUT2D eigenvalue weighted by atomic mass is 35.5. The van der Waals surface area contributed by atoms with Gasteiger partial charge in [0.2, 0.25) is 0 Å². The molecule has 0 bridgehead atoms. The summed E-state index contributed by atoms with van der Waals surface area (Å²) in [6.45, 7) is 9.14. The molecule has 0 spiro atoms. The van der Waals surface area contributed by atoms with Gasteiger partial charge in [0.1, 0.15) is 0 Å². The second-order valence-electron chi connectivity index (χ2n) is 5.17. The lowest BCUT2D eigenvalue weighted by molar-refractivity contribution is 0.284. The fraction of sp³-hybridized carbons (Fsp3) is 0.571. The Morgan fingerprint density at radius 2 is 2.06 bits per heavy atom. The number of benzene rings is 1. The number of hydrogen-bond donors (Lipinski definition) is 1. The third kappa shape index (κ3) is 1.62. The van der Waals surface area contributed by atoms with Crippen LogP contribution < -0.4 is 5.32 Å². The zero-order chi connectivity index (χ0) is 11.9. The maximum Gasteiger partial charge on any atom is 0.0461 e. The smallest absolute Gasteiger partial charge is 0.0461 e. The Morgan fingerprint density at radius 1 is 1.38 bits per heavy atom. The van der Waals surface area contributed by atoms with Gasteiger partial charge in [-0.3, -0.25) is 0 Å². The maximum absolute atomic E-state index is 6.30. The van der Waals surface area contributed by atoms with Gasteiger partial charge in [0.15, 0.2) is 0 Å². The van der Waals surface area contributed by atoms with Crippen molar-refractivity contribution in [2.75, 3.05) is 5.32 Å². The predicted molar refractivity (Wildman–Crippen MR) is 71.3 cm³/mol. The van der Waals surface area contributed by atoms with Crippen molar-refractivity contribution in [1.82, 2.24) is 0 Å². The summed E-state index contributed by atoms with van der Waals surface area (Å²) < 4.78 is 0. The topological polar surface area (TPSA) is 12.0 Å². The van der Waals surface area contributed by atoms with Crippen molar-refractivity contribution in [2.45, 2.75) is 45.6 Å². The lowest BCUT2D eigenvalue weighted by Gasteiger charge is -2.45. The monoisotopic (exact) mass is 237 g/mol. The second-order valence-corrected chi connectivity index (χ2v) is 5.58. The van der Waals surface area contributed by atoms with Crippen molar-refractivity contribution >= 4 is 17.3 Å².